The molecule has 0 bridgehead atoms. The minimum absolute atomic E-state index is 0.128. The Morgan fingerprint density at radius 1 is 1.06 bits per heavy atom. The third-order valence-electron chi connectivity index (χ3n) is 6.53. The first-order valence-electron chi connectivity index (χ1n) is 11.2. The molecular formula is C24H27N3O4S. The number of morpholine rings is 1. The number of thioether (sulfide) groups is 1. The molecule has 0 aliphatic carbocycles. The van der Waals surface area contributed by atoms with Crippen molar-refractivity contribution in [3.05, 3.63) is 58.1 Å². The molecule has 5 rings (SSSR count). The summed E-state index contributed by atoms with van der Waals surface area (Å²) in [7, 11) is 0. The number of hydrogen-bond donors (Lipinski definition) is 1. The number of aryl methyl sites for hydroxylation is 1. The van der Waals surface area contributed by atoms with Crippen molar-refractivity contribution in [2.45, 2.75) is 43.5 Å². The van der Waals surface area contributed by atoms with Crippen LogP contribution in [0.15, 0.2) is 47.0 Å². The molecular weight excluding hydrogens is 426 g/mol. The first-order chi connectivity index (χ1) is 15.6. The number of ether oxygens (including phenoxy) is 1. The van der Waals surface area contributed by atoms with E-state index in [1.54, 1.807) is 11.8 Å². The van der Waals surface area contributed by atoms with Crippen molar-refractivity contribution in [1.82, 2.24) is 15.1 Å². The molecule has 1 aromatic rings. The molecule has 1 N–H and O–H groups in total. The number of fused-ring (bicyclic) bond motifs is 1. The number of piperidine rings is 1. The maximum absolute atomic E-state index is 12.8. The van der Waals surface area contributed by atoms with E-state index in [1.165, 1.54) is 16.0 Å². The highest BCUT2D eigenvalue weighted by Crippen LogP contribution is 2.43. The van der Waals surface area contributed by atoms with E-state index >= 15 is 0 Å². The molecule has 7 nitrogen and oxygen atoms in total. The third-order valence-corrected chi connectivity index (χ3v) is 7.72. The van der Waals surface area contributed by atoms with E-state index in [0.717, 1.165) is 51.3 Å². The van der Waals surface area contributed by atoms with E-state index in [2.05, 4.69) is 34.5 Å². The number of nitrogens with one attached hydrogen (secondary N) is 1. The lowest BCUT2D eigenvalue weighted by Crippen LogP contribution is -2.51. The van der Waals surface area contributed by atoms with Crippen LogP contribution in [-0.2, 0) is 32.1 Å². The predicted molar refractivity (Wildman–Crippen MR) is 121 cm³/mol. The summed E-state index contributed by atoms with van der Waals surface area (Å²) in [6.45, 7) is 4.55. The van der Waals surface area contributed by atoms with Crippen LogP contribution in [0.25, 0.3) is 0 Å². The van der Waals surface area contributed by atoms with Crippen LogP contribution in [0.2, 0.25) is 0 Å². The van der Waals surface area contributed by atoms with Crippen molar-refractivity contribution in [3.8, 4) is 0 Å². The van der Waals surface area contributed by atoms with Crippen LogP contribution >= 0.6 is 11.8 Å². The molecule has 4 heterocycles. The lowest BCUT2D eigenvalue weighted by molar-refractivity contribution is -0.141. The van der Waals surface area contributed by atoms with Crippen molar-refractivity contribution in [3.63, 3.8) is 0 Å². The molecule has 1 aromatic carbocycles. The zero-order valence-corrected chi connectivity index (χ0v) is 18.7. The van der Waals surface area contributed by atoms with Crippen molar-refractivity contribution in [1.29, 1.82) is 0 Å². The number of hydrogen-bond acceptors (Lipinski definition) is 6. The molecule has 2 fully saturated rings. The number of nitrogens with zero attached hydrogens (tertiary/aromatic N) is 2. The largest absolute Gasteiger partial charge is 0.379 e. The molecule has 0 spiro atoms. The van der Waals surface area contributed by atoms with E-state index in [0.29, 0.717) is 12.0 Å². The molecule has 4 aliphatic rings. The summed E-state index contributed by atoms with van der Waals surface area (Å²) in [6.07, 6.45) is 4.34. The van der Waals surface area contributed by atoms with Crippen LogP contribution in [-0.4, -0.2) is 65.1 Å². The lowest BCUT2D eigenvalue weighted by atomic mass is 10.0. The standard InChI is InChI=1S/C24H27N3O4S/c28-22-8-6-20(23(29)25-22)27-14-18-19(24(27)30)15-32-21(18)7-5-16-1-3-17(4-2-16)13-26-9-11-31-12-10-26/h1-4,14-15,20-21H,5-13H2,(H,25,28,29)/t20-,21?/m0/s1. The van der Waals surface area contributed by atoms with Crippen LogP contribution in [0.5, 0.6) is 0 Å². The van der Waals surface area contributed by atoms with E-state index in [9.17, 15) is 14.4 Å². The van der Waals surface area contributed by atoms with E-state index in [-0.39, 0.29) is 29.4 Å². The number of carbonyl (C=O) groups excluding carboxylic acids is 3. The lowest BCUT2D eigenvalue weighted by Gasteiger charge is -2.28. The molecule has 3 amide bonds. The Bertz CT molecular complexity index is 981. The third kappa shape index (κ3) is 4.40. The first-order valence-corrected chi connectivity index (χ1v) is 12.1. The number of benzene rings is 1. The predicted octanol–water partition coefficient (Wildman–Crippen LogP) is 1.98. The molecule has 0 aromatic heterocycles. The van der Waals surface area contributed by atoms with Crippen molar-refractivity contribution >= 4 is 29.5 Å². The van der Waals surface area contributed by atoms with Gasteiger partial charge >= 0.3 is 0 Å². The van der Waals surface area contributed by atoms with E-state index in [4.69, 9.17) is 4.74 Å². The summed E-state index contributed by atoms with van der Waals surface area (Å²) in [5.74, 6) is -0.778. The summed E-state index contributed by atoms with van der Waals surface area (Å²) in [5, 5.41) is 4.48. The summed E-state index contributed by atoms with van der Waals surface area (Å²) < 4.78 is 5.41. The molecule has 1 unspecified atom stereocenters. The SMILES string of the molecule is O=C1CC[C@H](N2C=C3C(=CSC3CCc3ccc(CN4CCOCC4)cc3)C2=O)C(=O)N1. The summed E-state index contributed by atoms with van der Waals surface area (Å²) >= 11 is 1.68. The van der Waals surface area contributed by atoms with Gasteiger partial charge in [-0.15, -0.1) is 11.8 Å². The van der Waals surface area contributed by atoms with Gasteiger partial charge in [0, 0.05) is 37.5 Å². The van der Waals surface area contributed by atoms with Gasteiger partial charge in [0.25, 0.3) is 5.91 Å². The van der Waals surface area contributed by atoms with Gasteiger partial charge in [0.15, 0.2) is 0 Å². The molecule has 2 saturated heterocycles. The molecule has 8 heteroatoms. The van der Waals surface area contributed by atoms with Gasteiger partial charge in [-0.05, 0) is 41.4 Å². The van der Waals surface area contributed by atoms with Gasteiger partial charge in [-0.25, -0.2) is 0 Å². The van der Waals surface area contributed by atoms with Crippen molar-refractivity contribution < 1.29 is 19.1 Å². The van der Waals surface area contributed by atoms with Gasteiger partial charge in [-0.1, -0.05) is 24.3 Å². The number of imide groups is 1. The Morgan fingerprint density at radius 3 is 2.56 bits per heavy atom. The molecule has 4 aliphatic heterocycles. The zero-order valence-electron chi connectivity index (χ0n) is 17.9. The minimum Gasteiger partial charge on any atom is -0.379 e. The Hall–Kier alpha value is -2.42. The number of amides is 3. The maximum atomic E-state index is 12.8. The summed E-state index contributed by atoms with van der Waals surface area (Å²) in [5.41, 5.74) is 4.31. The van der Waals surface area contributed by atoms with Crippen LogP contribution in [0.1, 0.15) is 30.4 Å². The summed E-state index contributed by atoms with van der Waals surface area (Å²) in [4.78, 5) is 40.4. The van der Waals surface area contributed by atoms with Crippen LogP contribution in [0.4, 0.5) is 0 Å². The highest BCUT2D eigenvalue weighted by atomic mass is 32.2. The highest BCUT2D eigenvalue weighted by Gasteiger charge is 2.42. The molecule has 0 saturated carbocycles. The minimum atomic E-state index is -0.594. The Kier molecular flexibility index (Phi) is 6.17. The van der Waals surface area contributed by atoms with Gasteiger partial charge in [0.1, 0.15) is 6.04 Å². The van der Waals surface area contributed by atoms with Crippen LogP contribution in [0.3, 0.4) is 0 Å². The number of carbonyl (C=O) groups is 3. The van der Waals surface area contributed by atoms with E-state index < -0.39 is 6.04 Å². The van der Waals surface area contributed by atoms with Gasteiger partial charge in [-0.3, -0.25) is 24.6 Å². The first kappa shape index (κ1) is 21.4. The fourth-order valence-corrected chi connectivity index (χ4v) is 5.79. The smallest absolute Gasteiger partial charge is 0.259 e. The average molecular weight is 454 g/mol. The molecule has 32 heavy (non-hydrogen) atoms. The monoisotopic (exact) mass is 453 g/mol. The van der Waals surface area contributed by atoms with Gasteiger partial charge in [0.2, 0.25) is 11.8 Å². The van der Waals surface area contributed by atoms with Crippen molar-refractivity contribution in [2.24, 2.45) is 0 Å². The summed E-state index contributed by atoms with van der Waals surface area (Å²) in [6, 6.07) is 8.23. The second kappa shape index (κ2) is 9.21. The molecule has 0 radical (unpaired) electrons. The zero-order chi connectivity index (χ0) is 22.1. The highest BCUT2D eigenvalue weighted by molar-refractivity contribution is 8.03. The fraction of sp³-hybridized carbons (Fsp3) is 0.458. The van der Waals surface area contributed by atoms with Gasteiger partial charge < -0.3 is 9.64 Å². The Morgan fingerprint density at radius 2 is 1.81 bits per heavy atom. The van der Waals surface area contributed by atoms with Crippen molar-refractivity contribution in [2.75, 3.05) is 26.3 Å². The molecule has 2 atom stereocenters. The van der Waals surface area contributed by atoms with Crippen LogP contribution in [0, 0.1) is 0 Å². The van der Waals surface area contributed by atoms with Gasteiger partial charge in [-0.2, -0.15) is 0 Å². The molecule has 168 valence electrons. The number of rotatable bonds is 6. The maximum Gasteiger partial charge on any atom is 0.259 e. The Labute approximate surface area is 191 Å². The normalized spacial score (nSPS) is 26.1. The fourth-order valence-electron chi connectivity index (χ4n) is 4.67. The van der Waals surface area contributed by atoms with Gasteiger partial charge in [0.05, 0.1) is 18.8 Å². The Balaban J connectivity index is 1.18. The second-order valence-corrected chi connectivity index (χ2v) is 9.74. The second-order valence-electron chi connectivity index (χ2n) is 8.66. The quantitative estimate of drug-likeness (QED) is 0.664. The topological polar surface area (TPSA) is 79.0 Å². The van der Waals surface area contributed by atoms with E-state index in [1.807, 2.05) is 11.6 Å². The average Bonchev–Trinajstić information content (AvgIpc) is 3.34. The van der Waals surface area contributed by atoms with Crippen LogP contribution < -0.4 is 5.32 Å².